The van der Waals surface area contributed by atoms with Crippen molar-refractivity contribution in [3.63, 3.8) is 0 Å². The number of hydrogen-bond donors (Lipinski definition) is 1. The minimum Gasteiger partial charge on any atom is -0.395 e. The van der Waals surface area contributed by atoms with Gasteiger partial charge >= 0.3 is 0 Å². The molecule has 0 bridgehead atoms. The Labute approximate surface area is 157 Å². The van der Waals surface area contributed by atoms with Crippen molar-refractivity contribution in [2.75, 3.05) is 26.7 Å². The average molecular weight is 368 g/mol. The van der Waals surface area contributed by atoms with E-state index in [-0.39, 0.29) is 37.3 Å². The minimum atomic E-state index is -0.378. The quantitative estimate of drug-likeness (QED) is 0.760. The predicted molar refractivity (Wildman–Crippen MR) is 99.9 cm³/mol. The number of carbonyl (C=O) groups excluding carboxylic acids is 2. The van der Waals surface area contributed by atoms with E-state index < -0.39 is 0 Å². The molecule has 0 fully saturated rings. The van der Waals surface area contributed by atoms with Crippen molar-refractivity contribution in [1.82, 2.24) is 9.80 Å². The fraction of sp³-hybridized carbons (Fsp3) is 0.238. The highest BCUT2D eigenvalue weighted by atomic mass is 19.1. The molecule has 0 unspecified atom stereocenters. The summed E-state index contributed by atoms with van der Waals surface area (Å²) >= 11 is 0. The molecule has 0 spiro atoms. The van der Waals surface area contributed by atoms with Crippen LogP contribution in [0.1, 0.15) is 11.1 Å². The zero-order chi connectivity index (χ0) is 19.4. The number of likely N-dealkylation sites (N-methyl/N-ethyl adjacent to an activating group) is 1. The second-order valence-corrected chi connectivity index (χ2v) is 6.37. The van der Waals surface area contributed by atoms with Gasteiger partial charge in [0.2, 0.25) is 0 Å². The van der Waals surface area contributed by atoms with Crippen LogP contribution in [0.2, 0.25) is 0 Å². The number of rotatable bonds is 7. The van der Waals surface area contributed by atoms with E-state index in [1.54, 1.807) is 36.2 Å². The molecule has 0 saturated carbocycles. The third kappa shape index (κ3) is 3.90. The first-order valence-corrected chi connectivity index (χ1v) is 8.75. The smallest absolute Gasteiger partial charge is 0.277 e. The lowest BCUT2D eigenvalue weighted by atomic mass is 10.0. The number of benzene rings is 2. The Balaban J connectivity index is 1.88. The van der Waals surface area contributed by atoms with Crippen molar-refractivity contribution in [3.05, 3.63) is 77.2 Å². The molecule has 2 aromatic carbocycles. The number of aliphatic hydroxyl groups excluding tert-OH is 1. The highest BCUT2D eigenvalue weighted by Crippen LogP contribution is 2.31. The molecule has 5 nitrogen and oxygen atoms in total. The molecule has 27 heavy (non-hydrogen) atoms. The van der Waals surface area contributed by atoms with Crippen LogP contribution in [0.3, 0.4) is 0 Å². The monoisotopic (exact) mass is 368 g/mol. The molecule has 1 heterocycles. The first-order valence-electron chi connectivity index (χ1n) is 8.75. The van der Waals surface area contributed by atoms with Crippen LogP contribution in [0.5, 0.6) is 0 Å². The first kappa shape index (κ1) is 18.8. The maximum Gasteiger partial charge on any atom is 0.277 e. The van der Waals surface area contributed by atoms with Crippen LogP contribution in [-0.2, 0) is 16.0 Å². The standard InChI is InChI=1S/C21H21FN2O3/c1-23(13-14-25)19-18(16-5-3-2-4-6-16)20(26)24(21(19)27)12-11-15-7-9-17(22)10-8-15/h2-10,25H,11-14H2,1H3. The van der Waals surface area contributed by atoms with Crippen molar-refractivity contribution >= 4 is 17.4 Å². The largest absolute Gasteiger partial charge is 0.395 e. The molecule has 2 aromatic rings. The second kappa shape index (κ2) is 8.14. The zero-order valence-corrected chi connectivity index (χ0v) is 15.1. The molecule has 6 heteroatoms. The number of carbonyl (C=O) groups is 2. The van der Waals surface area contributed by atoms with Gasteiger partial charge in [0.15, 0.2) is 0 Å². The highest BCUT2D eigenvalue weighted by Gasteiger charge is 2.40. The van der Waals surface area contributed by atoms with E-state index in [2.05, 4.69) is 0 Å². The van der Waals surface area contributed by atoms with E-state index in [4.69, 9.17) is 0 Å². The Hall–Kier alpha value is -2.99. The number of amides is 2. The van der Waals surface area contributed by atoms with Gasteiger partial charge in [0, 0.05) is 20.1 Å². The van der Waals surface area contributed by atoms with Gasteiger partial charge in [0.05, 0.1) is 12.2 Å². The lowest BCUT2D eigenvalue weighted by molar-refractivity contribution is -0.137. The Morgan fingerprint density at radius 2 is 1.67 bits per heavy atom. The fourth-order valence-electron chi connectivity index (χ4n) is 3.14. The van der Waals surface area contributed by atoms with Gasteiger partial charge in [-0.05, 0) is 29.7 Å². The summed E-state index contributed by atoms with van der Waals surface area (Å²) in [5.41, 5.74) is 2.14. The average Bonchev–Trinajstić information content (AvgIpc) is 2.92. The maximum absolute atomic E-state index is 13.1. The van der Waals surface area contributed by atoms with Gasteiger partial charge in [-0.3, -0.25) is 14.5 Å². The molecule has 1 N–H and O–H groups in total. The lowest BCUT2D eigenvalue weighted by Crippen LogP contribution is -2.36. The second-order valence-electron chi connectivity index (χ2n) is 6.37. The van der Waals surface area contributed by atoms with Crippen LogP contribution in [-0.4, -0.2) is 53.5 Å². The molecule has 0 aliphatic carbocycles. The van der Waals surface area contributed by atoms with Crippen molar-refractivity contribution in [2.45, 2.75) is 6.42 Å². The Bertz CT molecular complexity index is 863. The van der Waals surface area contributed by atoms with Crippen LogP contribution in [0.25, 0.3) is 5.57 Å². The van der Waals surface area contributed by atoms with E-state index >= 15 is 0 Å². The third-order valence-electron chi connectivity index (χ3n) is 4.56. The van der Waals surface area contributed by atoms with Gasteiger partial charge in [0.25, 0.3) is 11.8 Å². The van der Waals surface area contributed by atoms with Crippen molar-refractivity contribution in [3.8, 4) is 0 Å². The third-order valence-corrected chi connectivity index (χ3v) is 4.56. The Morgan fingerprint density at radius 3 is 2.30 bits per heavy atom. The van der Waals surface area contributed by atoms with Crippen molar-refractivity contribution in [1.29, 1.82) is 0 Å². The van der Waals surface area contributed by atoms with E-state index in [1.165, 1.54) is 17.0 Å². The molecule has 1 aliphatic rings. The SMILES string of the molecule is CN(CCO)C1=C(c2ccccc2)C(=O)N(CCc2ccc(F)cc2)C1=O. The number of imide groups is 1. The summed E-state index contributed by atoms with van der Waals surface area (Å²) in [5, 5.41) is 9.24. The summed E-state index contributed by atoms with van der Waals surface area (Å²) in [5.74, 6) is -1.06. The fourth-order valence-corrected chi connectivity index (χ4v) is 3.14. The summed E-state index contributed by atoms with van der Waals surface area (Å²) in [4.78, 5) is 28.8. The molecule has 0 saturated heterocycles. The van der Waals surface area contributed by atoms with Gasteiger partial charge in [-0.25, -0.2) is 4.39 Å². The van der Waals surface area contributed by atoms with Crippen LogP contribution in [0, 0.1) is 5.82 Å². The molecule has 2 amide bonds. The molecule has 0 atom stereocenters. The molecular weight excluding hydrogens is 347 g/mol. The topological polar surface area (TPSA) is 60.9 Å². The Kier molecular flexibility index (Phi) is 5.66. The summed E-state index contributed by atoms with van der Waals surface area (Å²) in [6.07, 6.45) is 0.441. The molecule has 140 valence electrons. The van der Waals surface area contributed by atoms with E-state index in [9.17, 15) is 19.1 Å². The summed E-state index contributed by atoms with van der Waals surface area (Å²) in [6.45, 7) is 0.325. The maximum atomic E-state index is 13.1. The minimum absolute atomic E-state index is 0.126. The Morgan fingerprint density at radius 1 is 1.00 bits per heavy atom. The number of aliphatic hydroxyl groups is 1. The molecule has 0 radical (unpaired) electrons. The zero-order valence-electron chi connectivity index (χ0n) is 15.1. The number of hydrogen-bond acceptors (Lipinski definition) is 4. The summed E-state index contributed by atoms with van der Waals surface area (Å²) in [6, 6.07) is 15.0. The molecule has 1 aliphatic heterocycles. The molecular formula is C21H21FN2O3. The van der Waals surface area contributed by atoms with Gasteiger partial charge < -0.3 is 10.0 Å². The van der Waals surface area contributed by atoms with Gasteiger partial charge in [-0.2, -0.15) is 0 Å². The highest BCUT2D eigenvalue weighted by molar-refractivity contribution is 6.35. The van der Waals surface area contributed by atoms with Gasteiger partial charge in [-0.15, -0.1) is 0 Å². The van der Waals surface area contributed by atoms with E-state index in [1.807, 2.05) is 18.2 Å². The lowest BCUT2D eigenvalue weighted by Gasteiger charge is -2.20. The van der Waals surface area contributed by atoms with Crippen LogP contribution < -0.4 is 0 Å². The normalized spacial score (nSPS) is 14.3. The summed E-state index contributed by atoms with van der Waals surface area (Å²) < 4.78 is 13.1. The van der Waals surface area contributed by atoms with Crippen LogP contribution >= 0.6 is 0 Å². The number of halogens is 1. The predicted octanol–water partition coefficient (Wildman–Crippen LogP) is 2.07. The van der Waals surface area contributed by atoms with Crippen molar-refractivity contribution < 1.29 is 19.1 Å². The van der Waals surface area contributed by atoms with Crippen molar-refractivity contribution in [2.24, 2.45) is 0 Å². The van der Waals surface area contributed by atoms with E-state index in [0.717, 1.165) is 5.56 Å². The van der Waals surface area contributed by atoms with Crippen LogP contribution in [0.15, 0.2) is 60.3 Å². The van der Waals surface area contributed by atoms with Gasteiger partial charge in [0.1, 0.15) is 11.5 Å². The first-order chi connectivity index (χ1) is 13.0. The molecule has 0 aromatic heterocycles. The number of nitrogens with zero attached hydrogens (tertiary/aromatic N) is 2. The van der Waals surface area contributed by atoms with E-state index in [0.29, 0.717) is 23.3 Å². The summed E-state index contributed by atoms with van der Waals surface area (Å²) in [7, 11) is 1.68. The molecule has 3 rings (SSSR count). The van der Waals surface area contributed by atoms with Crippen LogP contribution in [0.4, 0.5) is 4.39 Å². The van der Waals surface area contributed by atoms with Gasteiger partial charge in [-0.1, -0.05) is 42.5 Å².